The first-order valence-corrected chi connectivity index (χ1v) is 7.93. The van der Waals surface area contributed by atoms with E-state index in [2.05, 4.69) is 0 Å². The fourth-order valence-electron chi connectivity index (χ4n) is 3.01. The van der Waals surface area contributed by atoms with E-state index in [9.17, 15) is 4.79 Å². The third-order valence-corrected chi connectivity index (χ3v) is 4.40. The quantitative estimate of drug-likeness (QED) is 0.587. The molecule has 0 spiro atoms. The molecule has 0 heterocycles. The molecular formula is C16H30O2. The van der Waals surface area contributed by atoms with Crippen molar-refractivity contribution >= 4 is 5.97 Å². The Morgan fingerprint density at radius 1 is 1.06 bits per heavy atom. The molecule has 0 aliphatic heterocycles. The summed E-state index contributed by atoms with van der Waals surface area (Å²) < 4.78 is 0. The summed E-state index contributed by atoms with van der Waals surface area (Å²) in [6.45, 7) is 1.81. The Balaban J connectivity index is 1.85. The van der Waals surface area contributed by atoms with Gasteiger partial charge in [-0.05, 0) is 12.3 Å². The Morgan fingerprint density at radius 2 is 1.67 bits per heavy atom. The standard InChI is InChI=1S/C16H30O2/c1-14(16(17)18)10-6-3-2-4-7-11-15-12-8-5-9-13-15/h14-15H,2-13H2,1H3,(H,17,18). The summed E-state index contributed by atoms with van der Waals surface area (Å²) in [7, 11) is 0. The van der Waals surface area contributed by atoms with Gasteiger partial charge in [0, 0.05) is 0 Å². The number of carboxylic acids is 1. The minimum Gasteiger partial charge on any atom is -0.481 e. The number of rotatable bonds is 9. The summed E-state index contributed by atoms with van der Waals surface area (Å²) in [5.41, 5.74) is 0. The number of hydrogen-bond donors (Lipinski definition) is 1. The highest BCUT2D eigenvalue weighted by Crippen LogP contribution is 2.28. The zero-order valence-corrected chi connectivity index (χ0v) is 12.0. The third kappa shape index (κ3) is 7.03. The molecule has 2 nitrogen and oxygen atoms in total. The van der Waals surface area contributed by atoms with Gasteiger partial charge in [0.15, 0.2) is 0 Å². The lowest BCUT2D eigenvalue weighted by Crippen LogP contribution is -2.08. The van der Waals surface area contributed by atoms with Crippen molar-refractivity contribution in [1.29, 1.82) is 0 Å². The molecule has 106 valence electrons. The fourth-order valence-corrected chi connectivity index (χ4v) is 3.01. The number of aliphatic carboxylic acids is 1. The molecule has 1 saturated carbocycles. The van der Waals surface area contributed by atoms with Gasteiger partial charge in [-0.2, -0.15) is 0 Å². The second kappa shape index (κ2) is 9.41. The van der Waals surface area contributed by atoms with Gasteiger partial charge in [0.05, 0.1) is 5.92 Å². The van der Waals surface area contributed by atoms with Crippen LogP contribution in [-0.2, 0) is 4.79 Å². The van der Waals surface area contributed by atoms with Crippen LogP contribution in [0.1, 0.15) is 84.0 Å². The first-order valence-electron chi connectivity index (χ1n) is 7.93. The molecule has 0 radical (unpaired) electrons. The maximum absolute atomic E-state index is 10.6. The van der Waals surface area contributed by atoms with Crippen molar-refractivity contribution in [3.63, 3.8) is 0 Å². The lowest BCUT2D eigenvalue weighted by molar-refractivity contribution is -0.141. The Bertz CT molecular complexity index is 219. The Hall–Kier alpha value is -0.530. The molecule has 0 saturated heterocycles. The monoisotopic (exact) mass is 254 g/mol. The van der Waals surface area contributed by atoms with Gasteiger partial charge in [-0.1, -0.05) is 77.6 Å². The molecule has 1 rings (SSSR count). The molecular weight excluding hydrogens is 224 g/mol. The summed E-state index contributed by atoms with van der Waals surface area (Å²) >= 11 is 0. The maximum atomic E-state index is 10.6. The zero-order valence-electron chi connectivity index (χ0n) is 12.0. The van der Waals surface area contributed by atoms with Gasteiger partial charge in [-0.25, -0.2) is 0 Å². The molecule has 0 aromatic carbocycles. The Morgan fingerprint density at radius 3 is 2.33 bits per heavy atom. The molecule has 2 heteroatoms. The molecule has 0 amide bonds. The predicted octanol–water partition coefficient (Wildman–Crippen LogP) is 5.02. The zero-order chi connectivity index (χ0) is 13.2. The molecule has 0 aromatic rings. The number of carboxylic acid groups (broad SMARTS) is 1. The van der Waals surface area contributed by atoms with Crippen LogP contribution in [0.3, 0.4) is 0 Å². The predicted molar refractivity (Wildman–Crippen MR) is 75.7 cm³/mol. The van der Waals surface area contributed by atoms with Crippen LogP contribution in [0.2, 0.25) is 0 Å². The maximum Gasteiger partial charge on any atom is 0.306 e. The summed E-state index contributed by atoms with van der Waals surface area (Å²) in [6, 6.07) is 0. The molecule has 1 aliphatic carbocycles. The van der Waals surface area contributed by atoms with E-state index < -0.39 is 5.97 Å². The normalized spacial score (nSPS) is 18.7. The molecule has 0 bridgehead atoms. The molecule has 18 heavy (non-hydrogen) atoms. The second-order valence-corrected chi connectivity index (χ2v) is 6.09. The van der Waals surface area contributed by atoms with Gasteiger partial charge in [0.2, 0.25) is 0 Å². The van der Waals surface area contributed by atoms with E-state index in [-0.39, 0.29) is 5.92 Å². The minimum absolute atomic E-state index is 0.160. The Kier molecular flexibility index (Phi) is 8.11. The van der Waals surface area contributed by atoms with Crippen LogP contribution in [0.4, 0.5) is 0 Å². The van der Waals surface area contributed by atoms with E-state index in [1.807, 2.05) is 6.92 Å². The molecule has 1 atom stereocenters. The van der Waals surface area contributed by atoms with Crippen LogP contribution in [0.25, 0.3) is 0 Å². The second-order valence-electron chi connectivity index (χ2n) is 6.09. The van der Waals surface area contributed by atoms with E-state index in [0.29, 0.717) is 0 Å². The highest BCUT2D eigenvalue weighted by molar-refractivity contribution is 5.69. The van der Waals surface area contributed by atoms with Crippen molar-refractivity contribution in [2.24, 2.45) is 11.8 Å². The summed E-state index contributed by atoms with van der Waals surface area (Å²) in [5, 5.41) is 8.77. The highest BCUT2D eigenvalue weighted by Gasteiger charge is 2.12. The summed E-state index contributed by atoms with van der Waals surface area (Å²) in [6.07, 6.45) is 15.9. The van der Waals surface area contributed by atoms with E-state index in [0.717, 1.165) is 18.8 Å². The first-order chi connectivity index (χ1) is 8.70. The van der Waals surface area contributed by atoms with Gasteiger partial charge in [0.1, 0.15) is 0 Å². The van der Waals surface area contributed by atoms with E-state index in [4.69, 9.17) is 5.11 Å². The van der Waals surface area contributed by atoms with Crippen LogP contribution < -0.4 is 0 Å². The van der Waals surface area contributed by atoms with Gasteiger partial charge < -0.3 is 5.11 Å². The average molecular weight is 254 g/mol. The lowest BCUT2D eigenvalue weighted by atomic mass is 9.85. The number of carbonyl (C=O) groups is 1. The van der Waals surface area contributed by atoms with Gasteiger partial charge in [-0.15, -0.1) is 0 Å². The van der Waals surface area contributed by atoms with Crippen LogP contribution in [-0.4, -0.2) is 11.1 Å². The van der Waals surface area contributed by atoms with Crippen LogP contribution in [0, 0.1) is 11.8 Å². The van der Waals surface area contributed by atoms with Crippen molar-refractivity contribution in [3.05, 3.63) is 0 Å². The number of unbranched alkanes of at least 4 members (excludes halogenated alkanes) is 4. The van der Waals surface area contributed by atoms with Crippen molar-refractivity contribution in [2.75, 3.05) is 0 Å². The van der Waals surface area contributed by atoms with Gasteiger partial charge >= 0.3 is 5.97 Å². The SMILES string of the molecule is CC(CCCCCCCC1CCCCC1)C(=O)O. The smallest absolute Gasteiger partial charge is 0.306 e. The average Bonchev–Trinajstić information content (AvgIpc) is 2.38. The largest absolute Gasteiger partial charge is 0.481 e. The van der Waals surface area contributed by atoms with Crippen LogP contribution >= 0.6 is 0 Å². The van der Waals surface area contributed by atoms with Crippen molar-refractivity contribution in [3.8, 4) is 0 Å². The molecule has 0 aromatic heterocycles. The highest BCUT2D eigenvalue weighted by atomic mass is 16.4. The lowest BCUT2D eigenvalue weighted by Gasteiger charge is -2.21. The number of hydrogen-bond acceptors (Lipinski definition) is 1. The molecule has 1 N–H and O–H groups in total. The van der Waals surface area contributed by atoms with Gasteiger partial charge in [0.25, 0.3) is 0 Å². The minimum atomic E-state index is -0.646. The van der Waals surface area contributed by atoms with Crippen LogP contribution in [0.15, 0.2) is 0 Å². The molecule has 1 unspecified atom stereocenters. The molecule has 1 aliphatic rings. The summed E-state index contributed by atoms with van der Waals surface area (Å²) in [4.78, 5) is 10.6. The summed E-state index contributed by atoms with van der Waals surface area (Å²) in [5.74, 6) is 0.213. The van der Waals surface area contributed by atoms with Crippen molar-refractivity contribution in [2.45, 2.75) is 84.0 Å². The van der Waals surface area contributed by atoms with E-state index >= 15 is 0 Å². The van der Waals surface area contributed by atoms with Gasteiger partial charge in [-0.3, -0.25) is 4.79 Å². The molecule has 1 fully saturated rings. The van der Waals surface area contributed by atoms with E-state index in [1.54, 1.807) is 0 Å². The van der Waals surface area contributed by atoms with E-state index in [1.165, 1.54) is 64.2 Å². The third-order valence-electron chi connectivity index (χ3n) is 4.40. The van der Waals surface area contributed by atoms with Crippen LogP contribution in [0.5, 0.6) is 0 Å². The topological polar surface area (TPSA) is 37.3 Å². The fraction of sp³-hybridized carbons (Fsp3) is 0.938. The van der Waals surface area contributed by atoms with Crippen molar-refractivity contribution < 1.29 is 9.90 Å². The first kappa shape index (κ1) is 15.5. The Labute approximate surface area is 112 Å². The van der Waals surface area contributed by atoms with Crippen molar-refractivity contribution in [1.82, 2.24) is 0 Å².